The molecule has 0 saturated carbocycles. The Morgan fingerprint density at radius 1 is 1.00 bits per heavy atom. The molecule has 3 N–H and O–H groups in total. The topological polar surface area (TPSA) is 106 Å². The lowest BCUT2D eigenvalue weighted by Gasteiger charge is -2.18. The molecule has 7 nitrogen and oxygen atoms in total. The van der Waals surface area contributed by atoms with E-state index in [1.165, 1.54) is 18.5 Å². The van der Waals surface area contributed by atoms with Crippen LogP contribution in [0.5, 0.6) is 0 Å². The van der Waals surface area contributed by atoms with Gasteiger partial charge in [0, 0.05) is 5.56 Å². The van der Waals surface area contributed by atoms with Gasteiger partial charge in [-0.1, -0.05) is 35.9 Å². The van der Waals surface area contributed by atoms with Crippen LogP contribution in [0, 0.1) is 0 Å². The predicted octanol–water partition coefficient (Wildman–Crippen LogP) is 5.37. The molecule has 11 heteroatoms. The van der Waals surface area contributed by atoms with Crippen LogP contribution in [-0.4, -0.2) is 29.9 Å². The molecule has 0 radical (unpaired) electrons. The summed E-state index contributed by atoms with van der Waals surface area (Å²) in [5.41, 5.74) is 6.89. The predicted molar refractivity (Wildman–Crippen MR) is 119 cm³/mol. The van der Waals surface area contributed by atoms with Gasteiger partial charge in [0.1, 0.15) is 16.9 Å². The highest BCUT2D eigenvalue weighted by molar-refractivity contribution is 6.33. The van der Waals surface area contributed by atoms with Crippen LogP contribution in [0.4, 0.5) is 19.0 Å². The Morgan fingerprint density at radius 3 is 2.55 bits per heavy atom. The number of nitrogens with two attached hydrogens (primary N) is 1. The van der Waals surface area contributed by atoms with Crippen LogP contribution < -0.4 is 5.73 Å². The molecule has 33 heavy (non-hydrogen) atoms. The van der Waals surface area contributed by atoms with Crippen molar-refractivity contribution in [2.75, 3.05) is 5.73 Å². The summed E-state index contributed by atoms with van der Waals surface area (Å²) in [6.45, 7) is 1.77. The lowest BCUT2D eigenvalue weighted by Crippen LogP contribution is -2.12. The van der Waals surface area contributed by atoms with E-state index in [0.717, 1.165) is 6.07 Å². The number of nitrogen functional groups attached to an aromatic ring is 1. The average Bonchev–Trinajstić information content (AvgIpc) is 3.26. The van der Waals surface area contributed by atoms with Crippen molar-refractivity contribution in [1.82, 2.24) is 29.9 Å². The van der Waals surface area contributed by atoms with Crippen LogP contribution in [0.2, 0.25) is 5.02 Å². The summed E-state index contributed by atoms with van der Waals surface area (Å²) in [5.74, 6) is -0.0705. The summed E-state index contributed by atoms with van der Waals surface area (Å²) in [7, 11) is 0. The van der Waals surface area contributed by atoms with Crippen molar-refractivity contribution in [2.24, 2.45) is 0 Å². The molecule has 2 aromatic carbocycles. The molecule has 5 rings (SSSR count). The maximum atomic E-state index is 13.7. The number of hydrogen-bond acceptors (Lipinski definition) is 6. The van der Waals surface area contributed by atoms with Gasteiger partial charge in [-0.05, 0) is 25.1 Å². The standard InChI is InChI=1S/C22H15ClF3N7/c1-10(20-32-19(27)18-21(33-20)29-9-28-18)15-16(11-5-2-3-7-13(11)23)31-17-12(22(24,25)26)6-4-8-14(17)30-15/h2-10H,1H3,(H3,27,28,29,32,33)/t10-/m1/s1. The van der Waals surface area contributed by atoms with Gasteiger partial charge in [0.25, 0.3) is 0 Å². The minimum Gasteiger partial charge on any atom is -0.382 e. The number of benzene rings is 2. The normalized spacial score (nSPS) is 13.0. The molecule has 0 aliphatic heterocycles. The molecular weight excluding hydrogens is 455 g/mol. The number of imidazole rings is 1. The largest absolute Gasteiger partial charge is 0.418 e. The summed E-state index contributed by atoms with van der Waals surface area (Å²) < 4.78 is 41.0. The zero-order valence-electron chi connectivity index (χ0n) is 17.0. The molecule has 5 aromatic rings. The van der Waals surface area contributed by atoms with Crippen LogP contribution >= 0.6 is 11.6 Å². The van der Waals surface area contributed by atoms with Crippen LogP contribution in [0.1, 0.15) is 29.9 Å². The molecule has 166 valence electrons. The summed E-state index contributed by atoms with van der Waals surface area (Å²) in [6.07, 6.45) is -3.14. The maximum Gasteiger partial charge on any atom is 0.418 e. The number of nitrogens with zero attached hydrogens (tertiary/aromatic N) is 5. The van der Waals surface area contributed by atoms with Crippen molar-refractivity contribution in [3.05, 3.63) is 70.9 Å². The quantitative estimate of drug-likeness (QED) is 0.368. The van der Waals surface area contributed by atoms with E-state index in [2.05, 4.69) is 29.9 Å². The number of aromatic amines is 1. The summed E-state index contributed by atoms with van der Waals surface area (Å²) in [4.78, 5) is 24.8. The number of halogens is 4. The second-order valence-electron chi connectivity index (χ2n) is 7.40. The van der Waals surface area contributed by atoms with Gasteiger partial charge in [0.05, 0.1) is 39.7 Å². The second kappa shape index (κ2) is 7.66. The van der Waals surface area contributed by atoms with E-state index in [4.69, 9.17) is 17.3 Å². The number of anilines is 1. The second-order valence-corrected chi connectivity index (χ2v) is 7.81. The van der Waals surface area contributed by atoms with Gasteiger partial charge < -0.3 is 10.7 Å². The van der Waals surface area contributed by atoms with E-state index >= 15 is 0 Å². The fraction of sp³-hybridized carbons (Fsp3) is 0.136. The Labute approximate surface area is 189 Å². The SMILES string of the molecule is C[C@@H](c1nc(N)c2[nH]cnc2n1)c1nc2cccc(C(F)(F)F)c2nc1-c1ccccc1Cl. The smallest absolute Gasteiger partial charge is 0.382 e. The highest BCUT2D eigenvalue weighted by Gasteiger charge is 2.34. The molecule has 0 aliphatic carbocycles. The number of nitrogens with one attached hydrogen (secondary N) is 1. The highest BCUT2D eigenvalue weighted by Crippen LogP contribution is 2.38. The number of H-pyrrole nitrogens is 1. The molecular formula is C22H15ClF3N7. The van der Waals surface area contributed by atoms with Gasteiger partial charge in [-0.3, -0.25) is 0 Å². The molecule has 0 bridgehead atoms. The molecule has 0 unspecified atom stereocenters. The molecule has 0 aliphatic rings. The highest BCUT2D eigenvalue weighted by atomic mass is 35.5. The van der Waals surface area contributed by atoms with E-state index in [-0.39, 0.29) is 22.5 Å². The molecule has 0 spiro atoms. The lowest BCUT2D eigenvalue weighted by atomic mass is 9.99. The van der Waals surface area contributed by atoms with Crippen LogP contribution in [0.15, 0.2) is 48.8 Å². The van der Waals surface area contributed by atoms with Crippen molar-refractivity contribution in [3.8, 4) is 11.3 Å². The van der Waals surface area contributed by atoms with Gasteiger partial charge in [-0.2, -0.15) is 13.2 Å². The van der Waals surface area contributed by atoms with Crippen molar-refractivity contribution in [1.29, 1.82) is 0 Å². The van der Waals surface area contributed by atoms with Crippen LogP contribution in [0.3, 0.4) is 0 Å². The summed E-state index contributed by atoms with van der Waals surface area (Å²) in [5, 5.41) is 0.326. The van der Waals surface area contributed by atoms with E-state index in [0.29, 0.717) is 33.3 Å². The first-order valence-corrected chi connectivity index (χ1v) is 10.2. The van der Waals surface area contributed by atoms with Gasteiger partial charge >= 0.3 is 6.18 Å². The maximum absolute atomic E-state index is 13.7. The third-order valence-electron chi connectivity index (χ3n) is 5.28. The zero-order chi connectivity index (χ0) is 23.3. The summed E-state index contributed by atoms with van der Waals surface area (Å²) >= 11 is 6.40. The van der Waals surface area contributed by atoms with Crippen molar-refractivity contribution < 1.29 is 13.2 Å². The Kier molecular flexibility index (Phi) is 4.89. The Morgan fingerprint density at radius 2 is 1.79 bits per heavy atom. The van der Waals surface area contributed by atoms with Gasteiger partial charge in [-0.15, -0.1) is 0 Å². The first kappa shape index (κ1) is 21.1. The lowest BCUT2D eigenvalue weighted by molar-refractivity contribution is -0.136. The first-order valence-electron chi connectivity index (χ1n) is 9.83. The third-order valence-corrected chi connectivity index (χ3v) is 5.61. The Balaban J connectivity index is 1.80. The van der Waals surface area contributed by atoms with Crippen molar-refractivity contribution >= 4 is 39.6 Å². The van der Waals surface area contributed by atoms with Crippen molar-refractivity contribution in [2.45, 2.75) is 19.0 Å². The Hall–Kier alpha value is -3.79. The number of alkyl halides is 3. The van der Waals surface area contributed by atoms with E-state index < -0.39 is 17.7 Å². The van der Waals surface area contributed by atoms with Crippen LogP contribution in [0.25, 0.3) is 33.5 Å². The third kappa shape index (κ3) is 3.62. The monoisotopic (exact) mass is 469 g/mol. The number of fused-ring (bicyclic) bond motifs is 2. The molecule has 3 aromatic heterocycles. The van der Waals surface area contributed by atoms with E-state index in [9.17, 15) is 13.2 Å². The molecule has 0 fully saturated rings. The fourth-order valence-electron chi connectivity index (χ4n) is 3.66. The molecule has 0 amide bonds. The van der Waals surface area contributed by atoms with Crippen molar-refractivity contribution in [3.63, 3.8) is 0 Å². The molecule has 0 saturated heterocycles. The van der Waals surface area contributed by atoms with Gasteiger partial charge in [-0.25, -0.2) is 24.9 Å². The summed E-state index contributed by atoms with van der Waals surface area (Å²) in [6, 6.07) is 10.5. The number of rotatable bonds is 3. The van der Waals surface area contributed by atoms with Gasteiger partial charge in [0.15, 0.2) is 11.5 Å². The zero-order valence-corrected chi connectivity index (χ0v) is 17.8. The minimum absolute atomic E-state index is 0.0938. The van der Waals surface area contributed by atoms with E-state index in [1.807, 2.05) is 0 Å². The van der Waals surface area contributed by atoms with Gasteiger partial charge in [0.2, 0.25) is 0 Å². The first-order chi connectivity index (χ1) is 15.7. The number of aromatic nitrogens is 6. The Bertz CT molecular complexity index is 1510. The molecule has 1 atom stereocenters. The minimum atomic E-state index is -4.60. The molecule has 3 heterocycles. The number of hydrogen-bond donors (Lipinski definition) is 2. The van der Waals surface area contributed by atoms with Crippen LogP contribution in [-0.2, 0) is 6.18 Å². The average molecular weight is 470 g/mol. The van der Waals surface area contributed by atoms with E-state index in [1.54, 1.807) is 31.2 Å². The fourth-order valence-corrected chi connectivity index (χ4v) is 3.89. The number of para-hydroxylation sites is 1.